The molecule has 4 heterocycles. The van der Waals surface area contributed by atoms with Crippen molar-refractivity contribution in [3.63, 3.8) is 0 Å². The fourth-order valence-electron chi connectivity index (χ4n) is 6.83. The Morgan fingerprint density at radius 2 is 1.87 bits per heavy atom. The number of hydrogen-bond donors (Lipinski definition) is 1. The third-order valence-corrected chi connectivity index (χ3v) is 8.96. The fourth-order valence-corrected chi connectivity index (χ4v) is 6.83. The first kappa shape index (κ1) is 26.6. The van der Waals surface area contributed by atoms with E-state index in [0.29, 0.717) is 19.4 Å². The average molecular weight is 523 g/mol. The van der Waals surface area contributed by atoms with Crippen molar-refractivity contribution >= 4 is 23.5 Å². The molecule has 0 saturated carbocycles. The number of aliphatic hydroxyl groups excluding tert-OH is 1. The number of nitrogens with zero attached hydrogens (tertiary/aromatic N) is 2. The summed E-state index contributed by atoms with van der Waals surface area (Å²) < 4.78 is 12.4. The summed E-state index contributed by atoms with van der Waals surface area (Å²) in [6.45, 7) is 9.92. The van der Waals surface area contributed by atoms with Gasteiger partial charge in [-0.15, -0.1) is 0 Å². The second-order valence-electron chi connectivity index (χ2n) is 11.4. The van der Waals surface area contributed by atoms with Gasteiger partial charge < -0.3 is 24.4 Å². The molecular formula is C30H38N2O6. The average Bonchev–Trinajstić information content (AvgIpc) is 3.20. The van der Waals surface area contributed by atoms with Crippen LogP contribution in [0.2, 0.25) is 0 Å². The number of fused-ring (bicyclic) bond motifs is 2. The second-order valence-corrected chi connectivity index (χ2v) is 11.4. The number of carbonyl (C=O) groups excluding carboxylic acids is 3. The van der Waals surface area contributed by atoms with E-state index < -0.39 is 41.1 Å². The lowest BCUT2D eigenvalue weighted by atomic mass is 9.74. The summed E-state index contributed by atoms with van der Waals surface area (Å²) in [5.74, 6) is -3.08. The monoisotopic (exact) mass is 522 g/mol. The normalized spacial score (nSPS) is 34.2. The summed E-state index contributed by atoms with van der Waals surface area (Å²) in [6.07, 6.45) is 8.72. The Hall–Kier alpha value is -2.97. The predicted molar refractivity (Wildman–Crippen MR) is 142 cm³/mol. The number of carbonyl (C=O) groups is 3. The van der Waals surface area contributed by atoms with Crippen molar-refractivity contribution in [3.8, 4) is 0 Å². The number of aryl methyl sites for hydroxylation is 2. The Morgan fingerprint density at radius 3 is 2.58 bits per heavy atom. The minimum atomic E-state index is -1.38. The van der Waals surface area contributed by atoms with Crippen molar-refractivity contribution in [2.75, 3.05) is 24.7 Å². The number of anilines is 1. The second kappa shape index (κ2) is 9.65. The van der Waals surface area contributed by atoms with E-state index in [1.807, 2.05) is 70.2 Å². The highest BCUT2D eigenvalue weighted by molar-refractivity contribution is 6.06. The van der Waals surface area contributed by atoms with Gasteiger partial charge in [-0.2, -0.15) is 0 Å². The van der Waals surface area contributed by atoms with Crippen LogP contribution in [0.5, 0.6) is 0 Å². The smallest absolute Gasteiger partial charge is 0.313 e. The number of likely N-dealkylation sites (tertiary alicyclic amines) is 1. The van der Waals surface area contributed by atoms with Crippen molar-refractivity contribution < 1.29 is 29.0 Å². The van der Waals surface area contributed by atoms with Crippen LogP contribution in [0.4, 0.5) is 5.69 Å². The number of amides is 2. The molecule has 0 aliphatic carbocycles. The number of esters is 1. The van der Waals surface area contributed by atoms with Crippen LogP contribution in [-0.2, 0) is 23.9 Å². The molecule has 4 aliphatic heterocycles. The molecular weight excluding hydrogens is 484 g/mol. The van der Waals surface area contributed by atoms with Gasteiger partial charge in [0.2, 0.25) is 5.91 Å². The van der Waals surface area contributed by atoms with Gasteiger partial charge in [-0.3, -0.25) is 14.4 Å². The first-order valence-electron chi connectivity index (χ1n) is 13.6. The van der Waals surface area contributed by atoms with Crippen molar-refractivity contribution in [1.29, 1.82) is 0 Å². The van der Waals surface area contributed by atoms with E-state index >= 15 is 0 Å². The zero-order valence-corrected chi connectivity index (χ0v) is 22.8. The van der Waals surface area contributed by atoms with Gasteiger partial charge in [0.1, 0.15) is 17.6 Å². The molecule has 1 aromatic rings. The lowest BCUT2D eigenvalue weighted by Crippen LogP contribution is -2.60. The molecule has 0 radical (unpaired) electrons. The van der Waals surface area contributed by atoms with Gasteiger partial charge in [-0.1, -0.05) is 56.7 Å². The third kappa shape index (κ3) is 3.83. The van der Waals surface area contributed by atoms with Crippen LogP contribution in [0, 0.1) is 31.6 Å². The van der Waals surface area contributed by atoms with Gasteiger partial charge >= 0.3 is 5.97 Å². The number of ether oxygens (including phenoxy) is 2. The molecule has 2 amide bonds. The largest absolute Gasteiger partial charge is 0.465 e. The Kier molecular flexibility index (Phi) is 6.76. The van der Waals surface area contributed by atoms with Gasteiger partial charge in [0.15, 0.2) is 0 Å². The van der Waals surface area contributed by atoms with Crippen LogP contribution >= 0.6 is 0 Å². The van der Waals surface area contributed by atoms with E-state index in [4.69, 9.17) is 9.47 Å². The van der Waals surface area contributed by atoms with Crippen LogP contribution in [0.25, 0.3) is 0 Å². The first-order valence-corrected chi connectivity index (χ1v) is 13.6. The molecule has 8 nitrogen and oxygen atoms in total. The highest BCUT2D eigenvalue weighted by Crippen LogP contribution is 2.58. The number of cyclic esters (lactones) is 1. The van der Waals surface area contributed by atoms with Gasteiger partial charge in [-0.05, 0) is 50.3 Å². The predicted octanol–water partition coefficient (Wildman–Crippen LogP) is 3.09. The Bertz CT molecular complexity index is 1210. The van der Waals surface area contributed by atoms with E-state index in [2.05, 4.69) is 0 Å². The summed E-state index contributed by atoms with van der Waals surface area (Å²) >= 11 is 0. The van der Waals surface area contributed by atoms with Crippen molar-refractivity contribution in [2.24, 2.45) is 17.8 Å². The lowest BCUT2D eigenvalue weighted by molar-refractivity contribution is -0.160. The quantitative estimate of drug-likeness (QED) is 0.472. The summed E-state index contributed by atoms with van der Waals surface area (Å²) in [5, 5.41) is 10.5. The van der Waals surface area contributed by atoms with Crippen LogP contribution in [0.15, 0.2) is 42.5 Å². The SMILES string of the molecule is CC[C@H](C)[C@H](CO)N1C(=O)[C@@H]2[C@H]3C(=O)OCCC=C[C@@]3(C)O[C@@]23C=CCN(c2cc(C)ccc2C)C(=O)C13. The summed E-state index contributed by atoms with van der Waals surface area (Å²) in [6, 6.07) is 4.30. The topological polar surface area (TPSA) is 96.4 Å². The molecule has 0 bridgehead atoms. The van der Waals surface area contributed by atoms with Crippen LogP contribution in [-0.4, -0.2) is 70.8 Å². The van der Waals surface area contributed by atoms with Gasteiger partial charge in [0.25, 0.3) is 5.91 Å². The molecule has 1 spiro atoms. The van der Waals surface area contributed by atoms with E-state index in [0.717, 1.165) is 16.8 Å². The van der Waals surface area contributed by atoms with Crippen molar-refractivity contribution in [1.82, 2.24) is 4.90 Å². The van der Waals surface area contributed by atoms with E-state index in [1.165, 1.54) is 4.90 Å². The van der Waals surface area contributed by atoms with Gasteiger partial charge in [-0.25, -0.2) is 0 Å². The Balaban J connectivity index is 1.71. The number of hydrogen-bond acceptors (Lipinski definition) is 6. The highest BCUT2D eigenvalue weighted by atomic mass is 16.6. The number of benzene rings is 1. The Labute approximate surface area is 224 Å². The zero-order valence-electron chi connectivity index (χ0n) is 22.8. The molecule has 5 rings (SSSR count). The first-order chi connectivity index (χ1) is 18.1. The molecule has 1 unspecified atom stereocenters. The summed E-state index contributed by atoms with van der Waals surface area (Å²) in [7, 11) is 0. The maximum absolute atomic E-state index is 14.6. The van der Waals surface area contributed by atoms with E-state index in [-0.39, 0.29) is 30.9 Å². The molecule has 1 N–H and O–H groups in total. The zero-order chi connectivity index (χ0) is 27.4. The van der Waals surface area contributed by atoms with Crippen LogP contribution in [0.1, 0.15) is 44.7 Å². The minimum absolute atomic E-state index is 0.0791. The van der Waals surface area contributed by atoms with Crippen LogP contribution in [0.3, 0.4) is 0 Å². The lowest BCUT2D eigenvalue weighted by Gasteiger charge is -2.41. The maximum atomic E-state index is 14.6. The number of aliphatic hydroxyl groups is 1. The molecule has 0 aromatic heterocycles. The summed E-state index contributed by atoms with van der Waals surface area (Å²) in [5.41, 5.74) is 0.225. The molecule has 8 heteroatoms. The molecule has 1 aromatic carbocycles. The van der Waals surface area contributed by atoms with E-state index in [1.54, 1.807) is 11.8 Å². The molecule has 2 saturated heterocycles. The summed E-state index contributed by atoms with van der Waals surface area (Å²) in [4.78, 5) is 45.7. The molecule has 204 valence electrons. The van der Waals surface area contributed by atoms with Crippen molar-refractivity contribution in [3.05, 3.63) is 53.6 Å². The highest BCUT2D eigenvalue weighted by Gasteiger charge is 2.75. The third-order valence-electron chi connectivity index (χ3n) is 8.96. The van der Waals surface area contributed by atoms with Gasteiger partial charge in [0.05, 0.1) is 30.8 Å². The standard InChI is InChI=1S/C30H38N2O6/c1-6-19(3)22(17-33)32-25-27(35)31(21-16-18(2)10-11-20(21)4)14-9-13-30(25)23(26(32)34)24-28(36)37-15-8-7-12-29(24,5)38-30/h7,9-13,16,19,22-25,33H,6,8,14-15,17H2,1-5H3/t19-,22-,23-,24-,25?,29+,30-/m0/s1. The number of rotatable bonds is 5. The fraction of sp³-hybridized carbons (Fsp3) is 0.567. The maximum Gasteiger partial charge on any atom is 0.313 e. The van der Waals surface area contributed by atoms with Crippen molar-refractivity contribution in [2.45, 2.75) is 70.7 Å². The van der Waals surface area contributed by atoms with Gasteiger partial charge in [0, 0.05) is 12.2 Å². The van der Waals surface area contributed by atoms with Crippen LogP contribution < -0.4 is 4.90 Å². The molecule has 2 fully saturated rings. The molecule has 7 atom stereocenters. The minimum Gasteiger partial charge on any atom is -0.465 e. The van der Waals surface area contributed by atoms with E-state index in [9.17, 15) is 19.5 Å². The molecule has 4 aliphatic rings. The Morgan fingerprint density at radius 1 is 1.11 bits per heavy atom. The molecule has 38 heavy (non-hydrogen) atoms.